The van der Waals surface area contributed by atoms with Crippen molar-refractivity contribution in [2.24, 2.45) is 0 Å². The van der Waals surface area contributed by atoms with Crippen LogP contribution in [0.1, 0.15) is 26.3 Å². The molecule has 0 radical (unpaired) electrons. The molecule has 0 aliphatic heterocycles. The highest BCUT2D eigenvalue weighted by Gasteiger charge is 2.35. The maximum Gasteiger partial charge on any atom is 0.328 e. The van der Waals surface area contributed by atoms with Crippen LogP contribution in [0.15, 0.2) is 18.2 Å². The molecule has 1 unspecified atom stereocenters. The van der Waals surface area contributed by atoms with E-state index in [1.165, 1.54) is 6.92 Å². The lowest BCUT2D eigenvalue weighted by Crippen LogP contribution is -2.49. The number of carboxylic acid groups (broad SMARTS) is 1. The van der Waals surface area contributed by atoms with Crippen LogP contribution in [0.4, 0.5) is 8.78 Å². The monoisotopic (exact) mass is 300 g/mol. The fourth-order valence-corrected chi connectivity index (χ4v) is 2.15. The summed E-state index contributed by atoms with van der Waals surface area (Å²) < 4.78 is 26.6. The molecule has 0 spiro atoms. The van der Waals surface area contributed by atoms with Crippen molar-refractivity contribution in [3.63, 3.8) is 0 Å². The number of benzene rings is 1. The lowest BCUT2D eigenvalue weighted by Gasteiger charge is -2.28. The molecule has 118 valence electrons. The van der Waals surface area contributed by atoms with Crippen molar-refractivity contribution >= 4 is 5.97 Å². The van der Waals surface area contributed by atoms with Gasteiger partial charge < -0.3 is 10.0 Å². The third-order valence-electron chi connectivity index (χ3n) is 3.67. The summed E-state index contributed by atoms with van der Waals surface area (Å²) in [6.45, 7) is 8.22. The van der Waals surface area contributed by atoms with E-state index < -0.39 is 23.1 Å². The van der Waals surface area contributed by atoms with Gasteiger partial charge in [0.2, 0.25) is 0 Å². The lowest BCUT2D eigenvalue weighted by atomic mass is 9.91. The van der Waals surface area contributed by atoms with Gasteiger partial charge in [0.25, 0.3) is 0 Å². The molecule has 21 heavy (non-hydrogen) atoms. The summed E-state index contributed by atoms with van der Waals surface area (Å²) in [6, 6.07) is 2.81. The zero-order valence-electron chi connectivity index (χ0n) is 12.6. The van der Waals surface area contributed by atoms with Crippen molar-refractivity contribution in [2.75, 3.05) is 26.2 Å². The summed E-state index contributed by atoms with van der Waals surface area (Å²) in [6.07, 6.45) is 0. The Morgan fingerprint density at radius 2 is 1.76 bits per heavy atom. The van der Waals surface area contributed by atoms with E-state index in [1.54, 1.807) is 0 Å². The molecule has 0 fully saturated rings. The summed E-state index contributed by atoms with van der Waals surface area (Å²) >= 11 is 0. The first kappa shape index (κ1) is 17.5. The summed E-state index contributed by atoms with van der Waals surface area (Å²) in [5.74, 6) is -2.75. The minimum absolute atomic E-state index is 0.0621. The van der Waals surface area contributed by atoms with E-state index in [0.717, 1.165) is 31.3 Å². The third kappa shape index (κ3) is 4.47. The van der Waals surface area contributed by atoms with Gasteiger partial charge in [-0.1, -0.05) is 13.8 Å². The maximum atomic E-state index is 13.3. The lowest BCUT2D eigenvalue weighted by molar-refractivity contribution is -0.144. The van der Waals surface area contributed by atoms with Gasteiger partial charge in [-0.05, 0) is 37.7 Å². The Kier molecular flexibility index (Phi) is 6.23. The first-order valence-electron chi connectivity index (χ1n) is 7.00. The molecule has 0 saturated carbocycles. The molecular formula is C15H22F2N2O2. The number of carboxylic acids is 1. The van der Waals surface area contributed by atoms with Gasteiger partial charge >= 0.3 is 5.97 Å². The van der Waals surface area contributed by atoms with Gasteiger partial charge in [0.15, 0.2) is 0 Å². The summed E-state index contributed by atoms with van der Waals surface area (Å²) in [5, 5.41) is 12.3. The Hall–Kier alpha value is -1.53. The molecular weight excluding hydrogens is 278 g/mol. The number of aliphatic carboxylic acids is 1. The second kappa shape index (κ2) is 7.47. The highest BCUT2D eigenvalue weighted by atomic mass is 19.1. The van der Waals surface area contributed by atoms with Gasteiger partial charge in [-0.2, -0.15) is 0 Å². The van der Waals surface area contributed by atoms with Crippen molar-refractivity contribution in [1.82, 2.24) is 10.2 Å². The molecule has 0 aliphatic rings. The normalized spacial score (nSPS) is 14.2. The Labute approximate surface area is 123 Å². The molecule has 6 heteroatoms. The van der Waals surface area contributed by atoms with Crippen molar-refractivity contribution in [3.05, 3.63) is 35.4 Å². The Morgan fingerprint density at radius 3 is 2.19 bits per heavy atom. The van der Waals surface area contributed by atoms with E-state index in [2.05, 4.69) is 10.2 Å². The van der Waals surface area contributed by atoms with E-state index in [1.807, 2.05) is 13.8 Å². The average Bonchev–Trinajstić information content (AvgIpc) is 2.42. The predicted octanol–water partition coefficient (Wildman–Crippen LogP) is 2.20. The molecule has 1 aromatic rings. The van der Waals surface area contributed by atoms with Crippen LogP contribution in [0.5, 0.6) is 0 Å². The van der Waals surface area contributed by atoms with Gasteiger partial charge in [-0.25, -0.2) is 13.6 Å². The number of likely N-dealkylation sites (N-methyl/N-ethyl adjacent to an activating group) is 1. The fourth-order valence-electron chi connectivity index (χ4n) is 2.15. The maximum absolute atomic E-state index is 13.3. The van der Waals surface area contributed by atoms with E-state index in [0.29, 0.717) is 13.1 Å². The van der Waals surface area contributed by atoms with Gasteiger partial charge in [-0.15, -0.1) is 0 Å². The molecule has 0 amide bonds. The molecule has 0 heterocycles. The number of halogens is 2. The average molecular weight is 300 g/mol. The zero-order valence-corrected chi connectivity index (χ0v) is 12.6. The van der Waals surface area contributed by atoms with E-state index in [9.17, 15) is 18.7 Å². The van der Waals surface area contributed by atoms with Crippen LogP contribution in [0.2, 0.25) is 0 Å². The third-order valence-corrected chi connectivity index (χ3v) is 3.67. The first-order chi connectivity index (χ1) is 9.83. The molecule has 1 aromatic carbocycles. The molecule has 2 N–H and O–H groups in total. The molecule has 4 nitrogen and oxygen atoms in total. The Balaban J connectivity index is 2.90. The van der Waals surface area contributed by atoms with Crippen LogP contribution in [0, 0.1) is 11.6 Å². The first-order valence-corrected chi connectivity index (χ1v) is 7.00. The van der Waals surface area contributed by atoms with Crippen LogP contribution in [-0.4, -0.2) is 42.2 Å². The molecule has 1 rings (SSSR count). The highest BCUT2D eigenvalue weighted by Crippen LogP contribution is 2.23. The SMILES string of the molecule is CCN(CC)CCNC(C)(C(=O)O)c1cc(F)cc(F)c1. The minimum atomic E-state index is -1.53. The van der Waals surface area contributed by atoms with Crippen molar-refractivity contribution in [2.45, 2.75) is 26.3 Å². The van der Waals surface area contributed by atoms with E-state index >= 15 is 0 Å². The van der Waals surface area contributed by atoms with Crippen molar-refractivity contribution in [1.29, 1.82) is 0 Å². The van der Waals surface area contributed by atoms with Gasteiger partial charge in [0.1, 0.15) is 17.2 Å². The van der Waals surface area contributed by atoms with Crippen LogP contribution in [0.25, 0.3) is 0 Å². The number of carbonyl (C=O) groups is 1. The van der Waals surface area contributed by atoms with Crippen LogP contribution >= 0.6 is 0 Å². The fraction of sp³-hybridized carbons (Fsp3) is 0.533. The Morgan fingerprint density at radius 1 is 1.24 bits per heavy atom. The largest absolute Gasteiger partial charge is 0.480 e. The van der Waals surface area contributed by atoms with Gasteiger partial charge in [-0.3, -0.25) is 5.32 Å². The second-order valence-corrected chi connectivity index (χ2v) is 5.04. The van der Waals surface area contributed by atoms with Crippen LogP contribution < -0.4 is 5.32 Å². The second-order valence-electron chi connectivity index (χ2n) is 5.04. The number of hydrogen-bond acceptors (Lipinski definition) is 3. The van der Waals surface area contributed by atoms with Crippen molar-refractivity contribution < 1.29 is 18.7 Å². The number of nitrogens with one attached hydrogen (secondary N) is 1. The Bertz CT molecular complexity index is 472. The number of nitrogens with zero attached hydrogens (tertiary/aromatic N) is 1. The quantitative estimate of drug-likeness (QED) is 0.773. The standard InChI is InChI=1S/C15H22F2N2O2/c1-4-19(5-2)7-6-18-15(3,14(20)21)11-8-12(16)10-13(17)9-11/h8-10,18H,4-7H2,1-3H3,(H,20,21). The smallest absolute Gasteiger partial charge is 0.328 e. The molecule has 0 aromatic heterocycles. The number of hydrogen-bond donors (Lipinski definition) is 2. The van der Waals surface area contributed by atoms with Crippen LogP contribution in [-0.2, 0) is 10.3 Å². The summed E-state index contributed by atoms with van der Waals surface area (Å²) in [7, 11) is 0. The van der Waals surface area contributed by atoms with Crippen LogP contribution in [0.3, 0.4) is 0 Å². The molecule has 0 aliphatic carbocycles. The topological polar surface area (TPSA) is 52.6 Å². The van der Waals surface area contributed by atoms with E-state index in [4.69, 9.17) is 0 Å². The molecule has 0 saturated heterocycles. The van der Waals surface area contributed by atoms with Gasteiger partial charge in [0, 0.05) is 19.2 Å². The highest BCUT2D eigenvalue weighted by molar-refractivity contribution is 5.80. The summed E-state index contributed by atoms with van der Waals surface area (Å²) in [4.78, 5) is 13.7. The summed E-state index contributed by atoms with van der Waals surface area (Å²) in [5.41, 5.74) is -1.47. The molecule has 1 atom stereocenters. The predicted molar refractivity (Wildman–Crippen MR) is 77.1 cm³/mol. The minimum Gasteiger partial charge on any atom is -0.480 e. The van der Waals surface area contributed by atoms with Crippen molar-refractivity contribution in [3.8, 4) is 0 Å². The number of rotatable bonds is 8. The van der Waals surface area contributed by atoms with E-state index in [-0.39, 0.29) is 5.56 Å². The zero-order chi connectivity index (χ0) is 16.0. The molecule has 0 bridgehead atoms. The van der Waals surface area contributed by atoms with Gasteiger partial charge in [0.05, 0.1) is 0 Å².